The van der Waals surface area contributed by atoms with Crippen molar-refractivity contribution >= 4 is 11.6 Å². The van der Waals surface area contributed by atoms with Crippen LogP contribution in [0.4, 0.5) is 5.69 Å². The molecule has 0 unspecified atom stereocenters. The van der Waals surface area contributed by atoms with Crippen molar-refractivity contribution in [3.8, 4) is 0 Å². The summed E-state index contributed by atoms with van der Waals surface area (Å²) in [5.74, 6) is 0.123. The first-order valence-corrected chi connectivity index (χ1v) is 6.40. The van der Waals surface area contributed by atoms with E-state index >= 15 is 0 Å². The molecule has 4 nitrogen and oxygen atoms in total. The van der Waals surface area contributed by atoms with Gasteiger partial charge in [-0.1, -0.05) is 18.2 Å². The van der Waals surface area contributed by atoms with E-state index in [2.05, 4.69) is 9.97 Å². The molecular weight excluding hydrogens is 238 g/mol. The predicted molar refractivity (Wildman–Crippen MR) is 74.8 cm³/mol. The Labute approximate surface area is 113 Å². The molecule has 0 bridgehead atoms. The normalized spacial score (nSPS) is 10.2. The lowest BCUT2D eigenvalue weighted by Crippen LogP contribution is -2.30. The Morgan fingerprint density at radius 3 is 2.47 bits per heavy atom. The maximum Gasteiger partial charge on any atom is 0.227 e. The second kappa shape index (κ2) is 6.64. The number of aromatic nitrogens is 2. The summed E-state index contributed by atoms with van der Waals surface area (Å²) in [5, 5.41) is 0. The molecule has 0 aliphatic rings. The number of hydrogen-bond acceptors (Lipinski definition) is 3. The van der Waals surface area contributed by atoms with E-state index in [9.17, 15) is 4.79 Å². The van der Waals surface area contributed by atoms with E-state index in [1.807, 2.05) is 37.3 Å². The molecule has 1 aromatic heterocycles. The van der Waals surface area contributed by atoms with Crippen LogP contribution in [-0.2, 0) is 11.2 Å². The van der Waals surface area contributed by atoms with Crippen molar-refractivity contribution in [3.05, 3.63) is 54.6 Å². The molecule has 0 N–H and O–H groups in total. The maximum absolute atomic E-state index is 12.2. The minimum absolute atomic E-state index is 0.123. The molecule has 1 amide bonds. The van der Waals surface area contributed by atoms with Crippen molar-refractivity contribution in [3.63, 3.8) is 0 Å². The second-order valence-electron chi connectivity index (χ2n) is 4.22. The van der Waals surface area contributed by atoms with Gasteiger partial charge in [-0.3, -0.25) is 4.79 Å². The molecule has 0 spiro atoms. The number of hydrogen-bond donors (Lipinski definition) is 0. The monoisotopic (exact) mass is 255 g/mol. The summed E-state index contributed by atoms with van der Waals surface area (Å²) in [4.78, 5) is 21.9. The summed E-state index contributed by atoms with van der Waals surface area (Å²) >= 11 is 0. The smallest absolute Gasteiger partial charge is 0.227 e. The van der Waals surface area contributed by atoms with Gasteiger partial charge in [-0.05, 0) is 31.0 Å². The zero-order valence-electron chi connectivity index (χ0n) is 11.0. The minimum Gasteiger partial charge on any atom is -0.313 e. The molecule has 0 aliphatic heterocycles. The van der Waals surface area contributed by atoms with Gasteiger partial charge in [0, 0.05) is 31.0 Å². The number of nitrogens with zero attached hydrogens (tertiary/aromatic N) is 3. The third kappa shape index (κ3) is 3.61. The third-order valence-electron chi connectivity index (χ3n) is 2.93. The van der Waals surface area contributed by atoms with Gasteiger partial charge in [-0.25, -0.2) is 9.97 Å². The van der Waals surface area contributed by atoms with Crippen LogP contribution in [0.1, 0.15) is 18.9 Å². The van der Waals surface area contributed by atoms with E-state index in [1.54, 1.807) is 17.3 Å². The number of benzene rings is 1. The van der Waals surface area contributed by atoms with E-state index < -0.39 is 0 Å². The number of carbonyl (C=O) groups is 1. The van der Waals surface area contributed by atoms with Crippen LogP contribution in [0.3, 0.4) is 0 Å². The molecule has 2 aromatic rings. The number of para-hydroxylation sites is 1. The average molecular weight is 255 g/mol. The first-order valence-electron chi connectivity index (χ1n) is 6.40. The Kier molecular flexibility index (Phi) is 4.61. The van der Waals surface area contributed by atoms with Crippen LogP contribution in [-0.4, -0.2) is 22.4 Å². The Balaban J connectivity index is 1.98. The zero-order chi connectivity index (χ0) is 13.5. The van der Waals surface area contributed by atoms with Gasteiger partial charge in [0.05, 0.1) is 0 Å². The number of aryl methyl sites for hydroxylation is 1. The molecule has 0 radical (unpaired) electrons. The van der Waals surface area contributed by atoms with Crippen LogP contribution in [0.25, 0.3) is 0 Å². The van der Waals surface area contributed by atoms with E-state index in [0.29, 0.717) is 19.4 Å². The van der Waals surface area contributed by atoms with Crippen LogP contribution in [0.2, 0.25) is 0 Å². The van der Waals surface area contributed by atoms with Gasteiger partial charge in [-0.15, -0.1) is 0 Å². The lowest BCUT2D eigenvalue weighted by molar-refractivity contribution is -0.118. The largest absolute Gasteiger partial charge is 0.313 e. The van der Waals surface area contributed by atoms with Crippen LogP contribution in [0, 0.1) is 0 Å². The highest BCUT2D eigenvalue weighted by atomic mass is 16.2. The fourth-order valence-corrected chi connectivity index (χ4v) is 1.96. The summed E-state index contributed by atoms with van der Waals surface area (Å²) in [6.45, 7) is 2.66. The average Bonchev–Trinajstić information content (AvgIpc) is 2.48. The molecule has 2 rings (SSSR count). The van der Waals surface area contributed by atoms with E-state index in [1.165, 1.54) is 6.33 Å². The Morgan fingerprint density at radius 2 is 1.84 bits per heavy atom. The second-order valence-corrected chi connectivity index (χ2v) is 4.22. The lowest BCUT2D eigenvalue weighted by atomic mass is 10.1. The molecule has 0 saturated carbocycles. The number of carbonyl (C=O) groups excluding carboxylic acids is 1. The molecule has 0 aliphatic carbocycles. The van der Waals surface area contributed by atoms with Gasteiger partial charge in [-0.2, -0.15) is 0 Å². The molecule has 4 heteroatoms. The molecule has 0 fully saturated rings. The van der Waals surface area contributed by atoms with Crippen molar-refractivity contribution in [1.82, 2.24) is 9.97 Å². The highest BCUT2D eigenvalue weighted by Gasteiger charge is 2.13. The maximum atomic E-state index is 12.2. The standard InChI is InChI=1S/C15H17N3O/c1-2-18(14-6-4-3-5-7-14)15(19)9-8-13-10-16-12-17-11-13/h3-7,10-12H,2,8-9H2,1H3. The van der Waals surface area contributed by atoms with Crippen LogP contribution >= 0.6 is 0 Å². The quantitative estimate of drug-likeness (QED) is 0.824. The van der Waals surface area contributed by atoms with Crippen LogP contribution < -0.4 is 4.90 Å². The van der Waals surface area contributed by atoms with Crippen molar-refractivity contribution in [1.29, 1.82) is 0 Å². The lowest BCUT2D eigenvalue weighted by Gasteiger charge is -2.20. The first kappa shape index (κ1) is 13.2. The van der Waals surface area contributed by atoms with Gasteiger partial charge in [0.25, 0.3) is 0 Å². The third-order valence-corrected chi connectivity index (χ3v) is 2.93. The Hall–Kier alpha value is -2.23. The predicted octanol–water partition coefficient (Wildman–Crippen LogP) is 2.46. The number of amides is 1. The topological polar surface area (TPSA) is 46.1 Å². The summed E-state index contributed by atoms with van der Waals surface area (Å²) < 4.78 is 0. The summed E-state index contributed by atoms with van der Waals surface area (Å²) in [6.07, 6.45) is 6.13. The van der Waals surface area contributed by atoms with Crippen molar-refractivity contribution in [2.45, 2.75) is 19.8 Å². The molecule has 0 saturated heterocycles. The Bertz CT molecular complexity index is 513. The summed E-state index contributed by atoms with van der Waals surface area (Å²) in [6, 6.07) is 9.73. The fourth-order valence-electron chi connectivity index (χ4n) is 1.96. The van der Waals surface area contributed by atoms with Gasteiger partial charge in [0.1, 0.15) is 6.33 Å². The molecule has 19 heavy (non-hydrogen) atoms. The van der Waals surface area contributed by atoms with E-state index in [-0.39, 0.29) is 5.91 Å². The molecule has 0 atom stereocenters. The Morgan fingerprint density at radius 1 is 1.16 bits per heavy atom. The first-order chi connectivity index (χ1) is 9.31. The molecule has 98 valence electrons. The number of anilines is 1. The number of rotatable bonds is 5. The molecular formula is C15H17N3O. The van der Waals surface area contributed by atoms with Crippen LogP contribution in [0.15, 0.2) is 49.1 Å². The van der Waals surface area contributed by atoms with Crippen LogP contribution in [0.5, 0.6) is 0 Å². The van der Waals surface area contributed by atoms with Gasteiger partial charge < -0.3 is 4.90 Å². The molecule has 1 aromatic carbocycles. The fraction of sp³-hybridized carbons (Fsp3) is 0.267. The van der Waals surface area contributed by atoms with E-state index in [4.69, 9.17) is 0 Å². The van der Waals surface area contributed by atoms with Crippen molar-refractivity contribution < 1.29 is 4.79 Å². The highest BCUT2D eigenvalue weighted by Crippen LogP contribution is 2.14. The summed E-state index contributed by atoms with van der Waals surface area (Å²) in [5.41, 5.74) is 1.93. The van der Waals surface area contributed by atoms with Gasteiger partial charge in [0.15, 0.2) is 0 Å². The minimum atomic E-state index is 0.123. The zero-order valence-corrected chi connectivity index (χ0v) is 11.0. The SMILES string of the molecule is CCN(C(=O)CCc1cncnc1)c1ccccc1. The van der Waals surface area contributed by atoms with Gasteiger partial charge in [0.2, 0.25) is 5.91 Å². The molecule has 1 heterocycles. The van der Waals surface area contributed by atoms with Crippen molar-refractivity contribution in [2.24, 2.45) is 0 Å². The van der Waals surface area contributed by atoms with Gasteiger partial charge >= 0.3 is 0 Å². The van der Waals surface area contributed by atoms with E-state index in [0.717, 1.165) is 11.3 Å². The summed E-state index contributed by atoms with van der Waals surface area (Å²) in [7, 11) is 0. The van der Waals surface area contributed by atoms with Crippen molar-refractivity contribution in [2.75, 3.05) is 11.4 Å². The highest BCUT2D eigenvalue weighted by molar-refractivity contribution is 5.93.